The number of rotatable bonds is 5. The standard InChI is InChI=1S/C28H29NO3/c30-27-15-8-18-29(26(27)17-16-20-9-2-1-3-10-20)28(31)32-19-25-23-13-6-4-11-21(23)22-12-5-7-14-24(22)25/h1-7,9-14,25-27,30H,8,15-19H2. The van der Waals surface area contributed by atoms with Crippen molar-refractivity contribution in [3.05, 3.63) is 95.6 Å². The van der Waals surface area contributed by atoms with Gasteiger partial charge in [0, 0.05) is 12.5 Å². The molecule has 1 fully saturated rings. The van der Waals surface area contributed by atoms with Gasteiger partial charge in [0.05, 0.1) is 12.1 Å². The Morgan fingerprint density at radius 1 is 0.906 bits per heavy atom. The highest BCUT2D eigenvalue weighted by atomic mass is 16.6. The summed E-state index contributed by atoms with van der Waals surface area (Å²) in [5.74, 6) is 0.0452. The van der Waals surface area contributed by atoms with Crippen molar-refractivity contribution in [3.63, 3.8) is 0 Å². The van der Waals surface area contributed by atoms with Crippen molar-refractivity contribution in [2.24, 2.45) is 0 Å². The molecule has 3 aromatic carbocycles. The molecule has 2 atom stereocenters. The smallest absolute Gasteiger partial charge is 0.410 e. The second kappa shape index (κ2) is 9.17. The van der Waals surface area contributed by atoms with E-state index in [9.17, 15) is 9.90 Å². The van der Waals surface area contributed by atoms with Gasteiger partial charge in [0.1, 0.15) is 6.61 Å². The predicted molar refractivity (Wildman–Crippen MR) is 126 cm³/mol. The van der Waals surface area contributed by atoms with E-state index in [-0.39, 0.29) is 18.1 Å². The van der Waals surface area contributed by atoms with Crippen LogP contribution in [-0.2, 0) is 11.2 Å². The van der Waals surface area contributed by atoms with Crippen LogP contribution in [0.15, 0.2) is 78.9 Å². The molecule has 32 heavy (non-hydrogen) atoms. The SMILES string of the molecule is O=C(OCC1c2ccccc2-c2ccccc21)N1CCCC(O)C1CCc1ccccc1. The molecule has 4 heteroatoms. The van der Waals surface area contributed by atoms with Crippen LogP contribution in [0.5, 0.6) is 0 Å². The molecule has 1 amide bonds. The van der Waals surface area contributed by atoms with Crippen LogP contribution < -0.4 is 0 Å². The first-order valence-corrected chi connectivity index (χ1v) is 11.6. The zero-order valence-corrected chi connectivity index (χ0v) is 18.2. The Balaban J connectivity index is 1.28. The molecule has 2 unspecified atom stereocenters. The summed E-state index contributed by atoms with van der Waals surface area (Å²) in [6, 6.07) is 26.7. The molecule has 1 saturated heterocycles. The van der Waals surface area contributed by atoms with Gasteiger partial charge in [-0.2, -0.15) is 0 Å². The van der Waals surface area contributed by atoms with Crippen molar-refractivity contribution in [1.29, 1.82) is 0 Å². The minimum Gasteiger partial charge on any atom is -0.448 e. The summed E-state index contributed by atoms with van der Waals surface area (Å²) in [6.45, 7) is 0.943. The third-order valence-electron chi connectivity index (χ3n) is 6.89. The molecule has 0 radical (unpaired) electrons. The summed E-state index contributed by atoms with van der Waals surface area (Å²) in [7, 11) is 0. The normalized spacial score (nSPS) is 20.0. The number of hydrogen-bond acceptors (Lipinski definition) is 3. The molecule has 0 saturated carbocycles. The van der Waals surface area contributed by atoms with E-state index in [0.29, 0.717) is 13.2 Å². The van der Waals surface area contributed by atoms with Gasteiger partial charge in [-0.1, -0.05) is 78.9 Å². The Bertz CT molecular complexity index is 1040. The molecule has 1 aliphatic heterocycles. The van der Waals surface area contributed by atoms with Crippen LogP contribution >= 0.6 is 0 Å². The molecule has 0 aromatic heterocycles. The van der Waals surface area contributed by atoms with Gasteiger partial charge in [-0.25, -0.2) is 4.79 Å². The van der Waals surface area contributed by atoms with Crippen LogP contribution in [0.4, 0.5) is 4.79 Å². The van der Waals surface area contributed by atoms with Crippen molar-refractivity contribution >= 4 is 6.09 Å². The van der Waals surface area contributed by atoms with Gasteiger partial charge in [0.15, 0.2) is 0 Å². The lowest BCUT2D eigenvalue weighted by molar-refractivity contribution is 0.00186. The number of likely N-dealkylation sites (tertiary alicyclic amines) is 1. The van der Waals surface area contributed by atoms with Crippen LogP contribution in [0.1, 0.15) is 41.9 Å². The number of carbonyl (C=O) groups is 1. The van der Waals surface area contributed by atoms with Crippen molar-refractivity contribution in [3.8, 4) is 11.1 Å². The summed E-state index contributed by atoms with van der Waals surface area (Å²) in [5.41, 5.74) is 6.08. The number of aryl methyl sites for hydroxylation is 1. The van der Waals surface area contributed by atoms with Crippen LogP contribution in [0.25, 0.3) is 11.1 Å². The number of piperidine rings is 1. The van der Waals surface area contributed by atoms with Gasteiger partial charge < -0.3 is 14.7 Å². The maximum absolute atomic E-state index is 13.1. The minimum absolute atomic E-state index is 0.0452. The number of hydrogen-bond donors (Lipinski definition) is 1. The molecule has 0 spiro atoms. The van der Waals surface area contributed by atoms with E-state index in [0.717, 1.165) is 25.7 Å². The highest BCUT2D eigenvalue weighted by Gasteiger charge is 2.35. The third kappa shape index (κ3) is 4.03. The second-order valence-electron chi connectivity index (χ2n) is 8.80. The van der Waals surface area contributed by atoms with E-state index >= 15 is 0 Å². The van der Waals surface area contributed by atoms with E-state index < -0.39 is 6.10 Å². The number of fused-ring (bicyclic) bond motifs is 3. The molecule has 1 aliphatic carbocycles. The molecule has 1 heterocycles. The highest BCUT2D eigenvalue weighted by molar-refractivity contribution is 5.79. The number of benzene rings is 3. The molecular formula is C28H29NO3. The largest absolute Gasteiger partial charge is 0.448 e. The summed E-state index contributed by atoms with van der Waals surface area (Å²) in [6.07, 6.45) is 2.27. The number of carbonyl (C=O) groups excluding carboxylic acids is 1. The Morgan fingerprint density at radius 3 is 2.22 bits per heavy atom. The number of nitrogens with zero attached hydrogens (tertiary/aromatic N) is 1. The average molecular weight is 428 g/mol. The molecule has 0 bridgehead atoms. The monoisotopic (exact) mass is 427 g/mol. The summed E-state index contributed by atoms with van der Waals surface area (Å²) >= 11 is 0. The molecule has 2 aliphatic rings. The van der Waals surface area contributed by atoms with Crippen LogP contribution in [0, 0.1) is 0 Å². The van der Waals surface area contributed by atoms with Gasteiger partial charge in [-0.05, 0) is 53.5 Å². The molecule has 3 aromatic rings. The maximum Gasteiger partial charge on any atom is 0.410 e. The lowest BCUT2D eigenvalue weighted by Gasteiger charge is -2.38. The first-order valence-electron chi connectivity index (χ1n) is 11.6. The zero-order valence-electron chi connectivity index (χ0n) is 18.2. The predicted octanol–water partition coefficient (Wildman–Crippen LogP) is 5.39. The Labute approximate surface area is 189 Å². The second-order valence-corrected chi connectivity index (χ2v) is 8.80. The molecular weight excluding hydrogens is 398 g/mol. The molecule has 4 nitrogen and oxygen atoms in total. The Kier molecular flexibility index (Phi) is 5.95. The number of aliphatic hydroxyl groups excluding tert-OH is 1. The van der Waals surface area contributed by atoms with Crippen LogP contribution in [0.2, 0.25) is 0 Å². The number of aliphatic hydroxyl groups is 1. The van der Waals surface area contributed by atoms with Gasteiger partial charge >= 0.3 is 6.09 Å². The van der Waals surface area contributed by atoms with Gasteiger partial charge in [0.2, 0.25) is 0 Å². The fraction of sp³-hybridized carbons (Fsp3) is 0.321. The number of ether oxygens (including phenoxy) is 1. The first kappa shape index (κ1) is 20.8. The van der Waals surface area contributed by atoms with E-state index in [2.05, 4.69) is 48.5 Å². The van der Waals surface area contributed by atoms with Gasteiger partial charge in [-0.3, -0.25) is 0 Å². The first-order chi connectivity index (χ1) is 15.7. The van der Waals surface area contributed by atoms with E-state index in [1.165, 1.54) is 27.8 Å². The fourth-order valence-electron chi connectivity index (χ4n) is 5.25. The number of amides is 1. The average Bonchev–Trinajstić information content (AvgIpc) is 3.16. The molecule has 1 N–H and O–H groups in total. The van der Waals surface area contributed by atoms with E-state index in [4.69, 9.17) is 4.74 Å². The van der Waals surface area contributed by atoms with Crippen molar-refractivity contribution in [2.75, 3.05) is 13.2 Å². The van der Waals surface area contributed by atoms with E-state index in [1.807, 2.05) is 30.3 Å². The summed E-state index contributed by atoms with van der Waals surface area (Å²) in [5, 5.41) is 10.7. The molecule has 5 rings (SSSR count). The minimum atomic E-state index is -0.507. The topological polar surface area (TPSA) is 49.8 Å². The van der Waals surface area contributed by atoms with Crippen LogP contribution in [0.3, 0.4) is 0 Å². The maximum atomic E-state index is 13.1. The summed E-state index contributed by atoms with van der Waals surface area (Å²) < 4.78 is 5.89. The summed E-state index contributed by atoms with van der Waals surface area (Å²) in [4.78, 5) is 14.9. The van der Waals surface area contributed by atoms with Gasteiger partial charge in [-0.15, -0.1) is 0 Å². The Hall–Kier alpha value is -3.11. The molecule has 164 valence electrons. The van der Waals surface area contributed by atoms with E-state index in [1.54, 1.807) is 4.90 Å². The lowest BCUT2D eigenvalue weighted by Crippen LogP contribution is -2.51. The quantitative estimate of drug-likeness (QED) is 0.594. The van der Waals surface area contributed by atoms with Crippen molar-refractivity contribution in [2.45, 2.75) is 43.7 Å². The van der Waals surface area contributed by atoms with Crippen molar-refractivity contribution in [1.82, 2.24) is 4.90 Å². The highest BCUT2D eigenvalue weighted by Crippen LogP contribution is 2.44. The van der Waals surface area contributed by atoms with Crippen molar-refractivity contribution < 1.29 is 14.6 Å². The zero-order chi connectivity index (χ0) is 21.9. The van der Waals surface area contributed by atoms with Crippen LogP contribution in [-0.4, -0.2) is 41.4 Å². The fourth-order valence-corrected chi connectivity index (χ4v) is 5.25. The Morgan fingerprint density at radius 2 is 1.53 bits per heavy atom. The van der Waals surface area contributed by atoms with Gasteiger partial charge in [0.25, 0.3) is 0 Å². The third-order valence-corrected chi connectivity index (χ3v) is 6.89. The lowest BCUT2D eigenvalue weighted by atomic mass is 9.93.